The molecule has 3 N–H and O–H groups in total. The Kier molecular flexibility index (Phi) is 2.37. The Morgan fingerprint density at radius 2 is 1.88 bits per heavy atom. The van der Waals surface area contributed by atoms with Crippen molar-refractivity contribution in [2.45, 2.75) is 0 Å². The molecule has 3 rings (SSSR count). The standard InChI is InChI=1S/C14H14N2O/c15-12-8-11(10-4-2-1-3-5-10)9-13-14(12)17-7-6-16-13/h1-5,8-9,16H,6-7,15H2. The molecule has 0 saturated carbocycles. The van der Waals surface area contributed by atoms with E-state index >= 15 is 0 Å². The number of nitrogen functional groups attached to an aromatic ring is 1. The van der Waals surface area contributed by atoms with E-state index in [1.165, 1.54) is 0 Å². The van der Waals surface area contributed by atoms with Crippen molar-refractivity contribution in [2.75, 3.05) is 24.2 Å². The second-order valence-corrected chi connectivity index (χ2v) is 4.08. The molecule has 86 valence electrons. The minimum Gasteiger partial charge on any atom is -0.487 e. The highest BCUT2D eigenvalue weighted by Gasteiger charge is 2.14. The molecule has 2 aromatic carbocycles. The molecule has 0 saturated heterocycles. The third-order valence-electron chi connectivity index (χ3n) is 2.89. The summed E-state index contributed by atoms with van der Waals surface area (Å²) in [5.74, 6) is 0.774. The molecule has 1 heterocycles. The molecule has 0 radical (unpaired) electrons. The van der Waals surface area contributed by atoms with Crippen LogP contribution in [-0.4, -0.2) is 13.2 Å². The molecule has 17 heavy (non-hydrogen) atoms. The second-order valence-electron chi connectivity index (χ2n) is 4.08. The molecule has 0 unspecified atom stereocenters. The summed E-state index contributed by atoms with van der Waals surface area (Å²) in [5, 5.41) is 3.31. The Labute approximate surface area is 100 Å². The molecule has 3 nitrogen and oxygen atoms in total. The van der Waals surface area contributed by atoms with Gasteiger partial charge >= 0.3 is 0 Å². The summed E-state index contributed by atoms with van der Waals surface area (Å²) in [6, 6.07) is 14.2. The quantitative estimate of drug-likeness (QED) is 0.735. The summed E-state index contributed by atoms with van der Waals surface area (Å²) in [5.41, 5.74) is 9.96. The molecule has 0 bridgehead atoms. The van der Waals surface area contributed by atoms with Gasteiger partial charge in [-0.3, -0.25) is 0 Å². The van der Waals surface area contributed by atoms with Crippen molar-refractivity contribution in [3.05, 3.63) is 42.5 Å². The maximum atomic E-state index is 6.01. The van der Waals surface area contributed by atoms with Gasteiger partial charge in [0, 0.05) is 6.54 Å². The minimum absolute atomic E-state index is 0.669. The maximum absolute atomic E-state index is 6.01. The average Bonchev–Trinajstić information content (AvgIpc) is 2.40. The lowest BCUT2D eigenvalue weighted by atomic mass is 10.0. The number of nitrogens with two attached hydrogens (primary N) is 1. The van der Waals surface area contributed by atoms with Crippen LogP contribution in [0.25, 0.3) is 11.1 Å². The van der Waals surface area contributed by atoms with E-state index < -0.39 is 0 Å². The smallest absolute Gasteiger partial charge is 0.165 e. The van der Waals surface area contributed by atoms with Gasteiger partial charge in [0.05, 0.1) is 11.4 Å². The average molecular weight is 226 g/mol. The fourth-order valence-corrected chi connectivity index (χ4v) is 2.08. The fraction of sp³-hybridized carbons (Fsp3) is 0.143. The number of rotatable bonds is 1. The van der Waals surface area contributed by atoms with E-state index in [2.05, 4.69) is 23.5 Å². The molecule has 2 aromatic rings. The summed E-state index contributed by atoms with van der Waals surface area (Å²) in [4.78, 5) is 0. The summed E-state index contributed by atoms with van der Waals surface area (Å²) >= 11 is 0. The Bertz CT molecular complexity index is 537. The first-order valence-corrected chi connectivity index (χ1v) is 5.70. The molecule has 0 atom stereocenters. The normalized spacial score (nSPS) is 13.4. The molecule has 0 spiro atoms. The predicted octanol–water partition coefficient (Wildman–Crippen LogP) is 2.74. The molecular weight excluding hydrogens is 212 g/mol. The lowest BCUT2D eigenvalue weighted by molar-refractivity contribution is 0.325. The monoisotopic (exact) mass is 226 g/mol. The van der Waals surface area contributed by atoms with Crippen LogP contribution in [0.1, 0.15) is 0 Å². The molecule has 0 aliphatic carbocycles. The van der Waals surface area contributed by atoms with Gasteiger partial charge in [-0.2, -0.15) is 0 Å². The van der Waals surface area contributed by atoms with Crippen LogP contribution in [0.2, 0.25) is 0 Å². The highest BCUT2D eigenvalue weighted by Crippen LogP contribution is 2.37. The Hall–Kier alpha value is -2.16. The number of ether oxygens (including phenoxy) is 1. The molecule has 3 heteroatoms. The van der Waals surface area contributed by atoms with Gasteiger partial charge in [-0.1, -0.05) is 30.3 Å². The zero-order chi connectivity index (χ0) is 11.7. The van der Waals surface area contributed by atoms with E-state index in [1.807, 2.05) is 24.3 Å². The molecule has 0 amide bonds. The summed E-state index contributed by atoms with van der Waals surface area (Å²) in [7, 11) is 0. The zero-order valence-electron chi connectivity index (χ0n) is 9.44. The minimum atomic E-state index is 0.669. The van der Waals surface area contributed by atoms with Crippen molar-refractivity contribution >= 4 is 11.4 Å². The fourth-order valence-electron chi connectivity index (χ4n) is 2.08. The van der Waals surface area contributed by atoms with E-state index in [9.17, 15) is 0 Å². The topological polar surface area (TPSA) is 47.3 Å². The molecule has 1 aliphatic heterocycles. The van der Waals surface area contributed by atoms with Crippen molar-refractivity contribution in [2.24, 2.45) is 0 Å². The van der Waals surface area contributed by atoms with Crippen molar-refractivity contribution in [1.29, 1.82) is 0 Å². The van der Waals surface area contributed by atoms with Crippen molar-refractivity contribution in [3.8, 4) is 16.9 Å². The Morgan fingerprint density at radius 3 is 2.71 bits per heavy atom. The number of hydrogen-bond donors (Lipinski definition) is 2. The molecule has 0 aromatic heterocycles. The van der Waals surface area contributed by atoms with Gasteiger partial charge in [0.25, 0.3) is 0 Å². The number of fused-ring (bicyclic) bond motifs is 1. The SMILES string of the molecule is Nc1cc(-c2ccccc2)cc2c1OCCN2. The highest BCUT2D eigenvalue weighted by atomic mass is 16.5. The first kappa shape index (κ1) is 10.0. The van der Waals surface area contributed by atoms with Gasteiger partial charge in [0.15, 0.2) is 5.75 Å². The van der Waals surface area contributed by atoms with Crippen molar-refractivity contribution < 1.29 is 4.74 Å². The van der Waals surface area contributed by atoms with Gasteiger partial charge in [-0.05, 0) is 23.3 Å². The third-order valence-corrected chi connectivity index (χ3v) is 2.89. The summed E-state index contributed by atoms with van der Waals surface area (Å²) in [6.45, 7) is 1.49. The van der Waals surface area contributed by atoms with Crippen LogP contribution in [-0.2, 0) is 0 Å². The van der Waals surface area contributed by atoms with Crippen LogP contribution in [0.3, 0.4) is 0 Å². The summed E-state index contributed by atoms with van der Waals surface area (Å²) in [6.07, 6.45) is 0. The molecule has 1 aliphatic rings. The number of anilines is 2. The van der Waals surface area contributed by atoms with Gasteiger partial charge in [0.2, 0.25) is 0 Å². The Morgan fingerprint density at radius 1 is 1.06 bits per heavy atom. The van der Waals surface area contributed by atoms with Crippen LogP contribution in [0.5, 0.6) is 5.75 Å². The highest BCUT2D eigenvalue weighted by molar-refractivity contribution is 5.80. The molecular formula is C14H14N2O. The van der Waals surface area contributed by atoms with Gasteiger partial charge in [-0.25, -0.2) is 0 Å². The first-order valence-electron chi connectivity index (χ1n) is 5.70. The van der Waals surface area contributed by atoms with E-state index in [1.54, 1.807) is 0 Å². The van der Waals surface area contributed by atoms with Crippen LogP contribution in [0, 0.1) is 0 Å². The van der Waals surface area contributed by atoms with E-state index in [-0.39, 0.29) is 0 Å². The van der Waals surface area contributed by atoms with E-state index in [0.29, 0.717) is 12.3 Å². The number of nitrogens with one attached hydrogen (secondary N) is 1. The molecule has 0 fully saturated rings. The first-order chi connectivity index (χ1) is 8.34. The lowest BCUT2D eigenvalue weighted by Gasteiger charge is -2.21. The second kappa shape index (κ2) is 4.01. The van der Waals surface area contributed by atoms with Crippen molar-refractivity contribution in [1.82, 2.24) is 0 Å². The van der Waals surface area contributed by atoms with Gasteiger partial charge < -0.3 is 15.8 Å². The summed E-state index contributed by atoms with van der Waals surface area (Å²) < 4.78 is 5.56. The van der Waals surface area contributed by atoms with Crippen molar-refractivity contribution in [3.63, 3.8) is 0 Å². The van der Waals surface area contributed by atoms with Crippen LogP contribution >= 0.6 is 0 Å². The van der Waals surface area contributed by atoms with E-state index in [4.69, 9.17) is 10.5 Å². The third kappa shape index (κ3) is 1.80. The predicted molar refractivity (Wildman–Crippen MR) is 70.3 cm³/mol. The van der Waals surface area contributed by atoms with Crippen LogP contribution < -0.4 is 15.8 Å². The van der Waals surface area contributed by atoms with Gasteiger partial charge in [-0.15, -0.1) is 0 Å². The van der Waals surface area contributed by atoms with E-state index in [0.717, 1.165) is 29.1 Å². The largest absolute Gasteiger partial charge is 0.487 e. The number of hydrogen-bond acceptors (Lipinski definition) is 3. The van der Waals surface area contributed by atoms with Crippen LogP contribution in [0.15, 0.2) is 42.5 Å². The zero-order valence-corrected chi connectivity index (χ0v) is 9.44. The van der Waals surface area contributed by atoms with Gasteiger partial charge in [0.1, 0.15) is 6.61 Å². The maximum Gasteiger partial charge on any atom is 0.165 e. The Balaban J connectivity index is 2.11. The lowest BCUT2D eigenvalue weighted by Crippen LogP contribution is -2.19. The van der Waals surface area contributed by atoms with Crippen LogP contribution in [0.4, 0.5) is 11.4 Å². The number of benzene rings is 2.